The number of aromatic nitrogens is 4. The number of carboxylic acid groups (broad SMARTS) is 1. The summed E-state index contributed by atoms with van der Waals surface area (Å²) in [5.74, 6) is 0.0590. The van der Waals surface area contributed by atoms with E-state index in [-0.39, 0.29) is 30.4 Å². The summed E-state index contributed by atoms with van der Waals surface area (Å²) < 4.78 is 1.57. The molecule has 0 spiro atoms. The maximum atomic E-state index is 12.5. The molecular weight excluding hydrogens is 348 g/mol. The van der Waals surface area contributed by atoms with Gasteiger partial charge in [0, 0.05) is 30.0 Å². The van der Waals surface area contributed by atoms with E-state index in [4.69, 9.17) is 5.11 Å². The van der Waals surface area contributed by atoms with Gasteiger partial charge in [-0.25, -0.2) is 9.50 Å². The molecule has 0 atom stereocenters. The van der Waals surface area contributed by atoms with Crippen LogP contribution in [0.1, 0.15) is 47.7 Å². The number of hydrogen-bond donors (Lipinski definition) is 2. The van der Waals surface area contributed by atoms with E-state index in [1.165, 1.54) is 12.8 Å². The van der Waals surface area contributed by atoms with Gasteiger partial charge in [-0.05, 0) is 51.5 Å². The van der Waals surface area contributed by atoms with E-state index >= 15 is 0 Å². The van der Waals surface area contributed by atoms with Gasteiger partial charge in [-0.15, -0.1) is 5.10 Å². The number of nitrogens with one attached hydrogen (secondary N) is 1. The van der Waals surface area contributed by atoms with E-state index in [1.807, 2.05) is 24.8 Å². The molecule has 9 nitrogen and oxygen atoms in total. The van der Waals surface area contributed by atoms with Crippen LogP contribution in [0.5, 0.6) is 0 Å². The lowest BCUT2D eigenvalue weighted by Crippen LogP contribution is -2.55. The van der Waals surface area contributed by atoms with E-state index in [9.17, 15) is 9.59 Å². The van der Waals surface area contributed by atoms with Crippen molar-refractivity contribution in [3.63, 3.8) is 0 Å². The largest absolute Gasteiger partial charge is 0.480 e. The van der Waals surface area contributed by atoms with Gasteiger partial charge >= 0.3 is 5.97 Å². The monoisotopic (exact) mass is 372 g/mol. The number of fused-ring (bicyclic) bond motifs is 1. The highest BCUT2D eigenvalue weighted by atomic mass is 16.4. The highest BCUT2D eigenvalue weighted by Crippen LogP contribution is 2.33. The van der Waals surface area contributed by atoms with Gasteiger partial charge < -0.3 is 10.4 Å². The molecule has 0 radical (unpaired) electrons. The molecule has 2 aromatic rings. The van der Waals surface area contributed by atoms with Crippen molar-refractivity contribution in [2.24, 2.45) is 5.92 Å². The SMILES string of the molecule is Cc1cc(C)n2nc(C(=O)NC3CC(N(CC(=O)O)CC4CC4)C3)nc2n1. The van der Waals surface area contributed by atoms with Crippen molar-refractivity contribution in [2.45, 2.75) is 51.6 Å². The molecule has 0 unspecified atom stereocenters. The number of amides is 1. The van der Waals surface area contributed by atoms with E-state index in [2.05, 4.69) is 20.4 Å². The molecular formula is C18H24N6O3. The highest BCUT2D eigenvalue weighted by molar-refractivity contribution is 5.91. The Kier molecular flexibility index (Phi) is 4.55. The summed E-state index contributed by atoms with van der Waals surface area (Å²) in [5.41, 5.74) is 1.70. The Hall–Kier alpha value is -2.55. The maximum absolute atomic E-state index is 12.5. The predicted molar refractivity (Wildman–Crippen MR) is 96.5 cm³/mol. The van der Waals surface area contributed by atoms with Crippen molar-refractivity contribution in [1.29, 1.82) is 0 Å². The number of nitrogens with zero attached hydrogens (tertiary/aromatic N) is 5. The number of rotatable bonds is 7. The standard InChI is InChI=1S/C18H24N6O3/c1-10-5-11(2)24-18(19-10)21-16(22-24)17(27)20-13-6-14(7-13)23(9-15(25)26)8-12-3-4-12/h5,12-14H,3-4,6-9H2,1-2H3,(H,20,27)(H,25,26). The van der Waals surface area contributed by atoms with E-state index < -0.39 is 5.97 Å². The number of hydrogen-bond acceptors (Lipinski definition) is 6. The second kappa shape index (κ2) is 6.88. The van der Waals surface area contributed by atoms with E-state index in [0.717, 1.165) is 30.8 Å². The van der Waals surface area contributed by atoms with E-state index in [0.29, 0.717) is 11.7 Å². The molecule has 27 heavy (non-hydrogen) atoms. The van der Waals surface area contributed by atoms with E-state index in [1.54, 1.807) is 4.52 Å². The van der Waals surface area contributed by atoms with Gasteiger partial charge in [-0.3, -0.25) is 14.5 Å². The molecule has 0 aromatic carbocycles. The highest BCUT2D eigenvalue weighted by Gasteiger charge is 2.38. The second-order valence-electron chi connectivity index (χ2n) is 7.75. The number of carbonyl (C=O) groups is 2. The molecule has 0 aliphatic heterocycles. The molecule has 0 bridgehead atoms. The van der Waals surface area contributed by atoms with Crippen LogP contribution in [0.25, 0.3) is 5.78 Å². The first-order valence-electron chi connectivity index (χ1n) is 9.37. The smallest absolute Gasteiger partial charge is 0.317 e. The third-order valence-corrected chi connectivity index (χ3v) is 5.31. The molecule has 144 valence electrons. The Morgan fingerprint density at radius 2 is 2.04 bits per heavy atom. The van der Waals surface area contributed by atoms with Gasteiger partial charge in [0.15, 0.2) is 0 Å². The predicted octanol–water partition coefficient (Wildman–Crippen LogP) is 0.799. The van der Waals surface area contributed by atoms with Crippen LogP contribution >= 0.6 is 0 Å². The topological polar surface area (TPSA) is 113 Å². The van der Waals surface area contributed by atoms with Crippen LogP contribution in [0.4, 0.5) is 0 Å². The Bertz CT molecular complexity index is 885. The fourth-order valence-corrected chi connectivity index (χ4v) is 3.66. The van der Waals surface area contributed by atoms with Gasteiger partial charge in [0.05, 0.1) is 6.54 Å². The zero-order valence-corrected chi connectivity index (χ0v) is 15.6. The normalized spacial score (nSPS) is 22.0. The molecule has 2 saturated carbocycles. The summed E-state index contributed by atoms with van der Waals surface area (Å²) >= 11 is 0. The van der Waals surface area contributed by atoms with Crippen LogP contribution < -0.4 is 5.32 Å². The Morgan fingerprint density at radius 3 is 2.70 bits per heavy atom. The zero-order chi connectivity index (χ0) is 19.1. The average Bonchev–Trinajstić information content (AvgIpc) is 3.25. The summed E-state index contributed by atoms with van der Waals surface area (Å²) in [6.07, 6.45) is 3.90. The third kappa shape index (κ3) is 3.92. The van der Waals surface area contributed by atoms with Crippen LogP contribution in [0.2, 0.25) is 0 Å². The molecule has 2 fully saturated rings. The van der Waals surface area contributed by atoms with Gasteiger partial charge in [0.2, 0.25) is 5.82 Å². The first-order valence-corrected chi connectivity index (χ1v) is 9.37. The summed E-state index contributed by atoms with van der Waals surface area (Å²) in [4.78, 5) is 34.1. The first-order chi connectivity index (χ1) is 12.9. The van der Waals surface area contributed by atoms with Crippen molar-refractivity contribution < 1.29 is 14.7 Å². The van der Waals surface area contributed by atoms with Crippen LogP contribution in [0, 0.1) is 19.8 Å². The maximum Gasteiger partial charge on any atom is 0.317 e. The van der Waals surface area contributed by atoms with Crippen LogP contribution in [-0.2, 0) is 4.79 Å². The minimum absolute atomic E-state index is 0.0282. The molecule has 9 heteroatoms. The fourth-order valence-electron chi connectivity index (χ4n) is 3.66. The minimum Gasteiger partial charge on any atom is -0.480 e. The van der Waals surface area contributed by atoms with Crippen molar-refractivity contribution in [3.8, 4) is 0 Å². The van der Waals surface area contributed by atoms with Crippen LogP contribution in [0.15, 0.2) is 6.07 Å². The minimum atomic E-state index is -0.796. The molecule has 2 heterocycles. The zero-order valence-electron chi connectivity index (χ0n) is 15.6. The molecule has 0 saturated heterocycles. The van der Waals surface area contributed by atoms with Crippen molar-refractivity contribution in [1.82, 2.24) is 29.8 Å². The lowest BCUT2D eigenvalue weighted by molar-refractivity contribution is -0.139. The molecule has 2 aliphatic rings. The Balaban J connectivity index is 1.35. The average molecular weight is 372 g/mol. The molecule has 2 aromatic heterocycles. The fraction of sp³-hybridized carbons (Fsp3) is 0.611. The molecule has 4 rings (SSSR count). The summed E-state index contributed by atoms with van der Waals surface area (Å²) in [6.45, 7) is 4.68. The number of carbonyl (C=O) groups excluding carboxylic acids is 1. The summed E-state index contributed by atoms with van der Waals surface area (Å²) in [6, 6.07) is 2.13. The molecule has 2 N–H and O–H groups in total. The molecule has 2 aliphatic carbocycles. The van der Waals surface area contributed by atoms with Crippen molar-refractivity contribution >= 4 is 17.7 Å². The van der Waals surface area contributed by atoms with Gasteiger partial charge in [0.1, 0.15) is 0 Å². The first kappa shape index (κ1) is 17.8. The quantitative estimate of drug-likeness (QED) is 0.739. The van der Waals surface area contributed by atoms with Gasteiger partial charge in [-0.1, -0.05) is 0 Å². The Labute approximate surface area is 156 Å². The van der Waals surface area contributed by atoms with Gasteiger partial charge in [-0.2, -0.15) is 4.98 Å². The second-order valence-corrected chi connectivity index (χ2v) is 7.75. The third-order valence-electron chi connectivity index (χ3n) is 5.31. The number of aryl methyl sites for hydroxylation is 2. The van der Waals surface area contributed by atoms with Crippen molar-refractivity contribution in [3.05, 3.63) is 23.3 Å². The summed E-state index contributed by atoms with van der Waals surface area (Å²) in [5, 5.41) is 16.3. The van der Waals surface area contributed by atoms with Crippen LogP contribution in [-0.4, -0.2) is 66.6 Å². The Morgan fingerprint density at radius 1 is 1.30 bits per heavy atom. The lowest BCUT2D eigenvalue weighted by Gasteiger charge is -2.42. The number of aliphatic carboxylic acids is 1. The van der Waals surface area contributed by atoms with Gasteiger partial charge in [0.25, 0.3) is 11.7 Å². The lowest BCUT2D eigenvalue weighted by atomic mass is 9.85. The number of carboxylic acids is 1. The summed E-state index contributed by atoms with van der Waals surface area (Å²) in [7, 11) is 0. The van der Waals surface area contributed by atoms with Crippen LogP contribution in [0.3, 0.4) is 0 Å². The van der Waals surface area contributed by atoms with Crippen molar-refractivity contribution in [2.75, 3.05) is 13.1 Å². The molecule has 1 amide bonds.